The van der Waals surface area contributed by atoms with Gasteiger partial charge >= 0.3 is 0 Å². The van der Waals surface area contributed by atoms with E-state index in [9.17, 15) is 5.11 Å². The molecular formula is C23H41IN4O3. The molecule has 1 fully saturated rings. The number of piperazine rings is 1. The topological polar surface area (TPSA) is 69.6 Å². The molecule has 1 aliphatic rings. The largest absolute Gasteiger partial charge is 0.497 e. The monoisotopic (exact) mass is 548 g/mol. The van der Waals surface area contributed by atoms with Crippen LogP contribution in [0.4, 0.5) is 0 Å². The summed E-state index contributed by atoms with van der Waals surface area (Å²) in [6, 6.07) is 5.97. The molecule has 1 aromatic carbocycles. The highest BCUT2D eigenvalue weighted by molar-refractivity contribution is 14.0. The first-order chi connectivity index (χ1) is 14.6. The van der Waals surface area contributed by atoms with Gasteiger partial charge in [-0.1, -0.05) is 13.3 Å². The maximum atomic E-state index is 9.30. The number of ether oxygens (including phenoxy) is 2. The van der Waals surface area contributed by atoms with Gasteiger partial charge in [0.15, 0.2) is 5.96 Å². The zero-order valence-electron chi connectivity index (χ0n) is 19.6. The number of aliphatic imine (C=N–C) groups is 1. The predicted octanol–water partition coefficient (Wildman–Crippen LogP) is 3.20. The first-order valence-electron chi connectivity index (χ1n) is 11.2. The molecule has 1 unspecified atom stereocenters. The highest BCUT2D eigenvalue weighted by Gasteiger charge is 2.21. The maximum Gasteiger partial charge on any atom is 0.194 e. The number of nitrogens with one attached hydrogen (secondary N) is 1. The lowest BCUT2D eigenvalue weighted by Gasteiger charge is -2.37. The minimum absolute atomic E-state index is 0. The highest BCUT2D eigenvalue weighted by Crippen LogP contribution is 2.25. The van der Waals surface area contributed by atoms with Crippen LogP contribution in [-0.4, -0.2) is 81.0 Å². The van der Waals surface area contributed by atoms with Gasteiger partial charge in [-0.2, -0.15) is 0 Å². The molecule has 31 heavy (non-hydrogen) atoms. The van der Waals surface area contributed by atoms with Crippen LogP contribution in [0.2, 0.25) is 0 Å². The Hall–Kier alpha value is -1.26. The summed E-state index contributed by atoms with van der Waals surface area (Å²) < 4.78 is 10.9. The minimum Gasteiger partial charge on any atom is -0.497 e. The molecule has 0 amide bonds. The summed E-state index contributed by atoms with van der Waals surface area (Å²) in [4.78, 5) is 9.70. The van der Waals surface area contributed by atoms with Crippen molar-refractivity contribution in [3.8, 4) is 11.5 Å². The van der Waals surface area contributed by atoms with Crippen LogP contribution in [0.5, 0.6) is 11.5 Å². The van der Waals surface area contributed by atoms with E-state index in [2.05, 4.69) is 35.0 Å². The summed E-state index contributed by atoms with van der Waals surface area (Å²) in [5.41, 5.74) is 1.15. The normalized spacial score (nSPS) is 15.9. The molecule has 0 saturated carbocycles. The van der Waals surface area contributed by atoms with Gasteiger partial charge in [0.25, 0.3) is 0 Å². The van der Waals surface area contributed by atoms with Gasteiger partial charge in [-0.25, -0.2) is 0 Å². The molecule has 0 aliphatic carbocycles. The minimum atomic E-state index is 0. The third-order valence-corrected chi connectivity index (χ3v) is 5.62. The molecular weight excluding hydrogens is 507 g/mol. The first-order valence-corrected chi connectivity index (χ1v) is 11.2. The Morgan fingerprint density at radius 2 is 1.87 bits per heavy atom. The van der Waals surface area contributed by atoms with E-state index < -0.39 is 0 Å². The van der Waals surface area contributed by atoms with E-state index >= 15 is 0 Å². The quantitative estimate of drug-likeness (QED) is 0.252. The number of hydrogen-bond donors (Lipinski definition) is 2. The number of aliphatic hydroxyl groups excluding tert-OH is 1. The Bertz CT molecular complexity index is 646. The van der Waals surface area contributed by atoms with Gasteiger partial charge in [0, 0.05) is 58.0 Å². The van der Waals surface area contributed by atoms with Crippen LogP contribution in [-0.2, 0) is 6.54 Å². The second-order valence-corrected chi connectivity index (χ2v) is 7.80. The average molecular weight is 549 g/mol. The standard InChI is InChI=1S/C23H40N4O3.HI/c1-5-7-19(10-15-28)17-25-23(24-6-2)27-13-11-26(12-14-27)18-20-16-21(29-3)8-9-22(20)30-4;/h8-9,16,19,28H,5-7,10-15,17-18H2,1-4H3,(H,24,25);1H. The van der Waals surface area contributed by atoms with E-state index in [0.29, 0.717) is 5.92 Å². The van der Waals surface area contributed by atoms with Gasteiger partial charge in [-0.3, -0.25) is 9.89 Å². The number of rotatable bonds is 11. The van der Waals surface area contributed by atoms with Crippen LogP contribution in [0.25, 0.3) is 0 Å². The van der Waals surface area contributed by atoms with Gasteiger partial charge in [0.1, 0.15) is 11.5 Å². The SMILES string of the molecule is CCCC(CCO)CN=C(NCC)N1CCN(Cc2cc(OC)ccc2OC)CC1.I. The zero-order chi connectivity index (χ0) is 21.8. The Kier molecular flexibility index (Phi) is 13.9. The van der Waals surface area contributed by atoms with Crippen molar-refractivity contribution in [3.63, 3.8) is 0 Å². The summed E-state index contributed by atoms with van der Waals surface area (Å²) in [7, 11) is 3.41. The number of hydrogen-bond acceptors (Lipinski definition) is 5. The summed E-state index contributed by atoms with van der Waals surface area (Å²) >= 11 is 0. The summed E-state index contributed by atoms with van der Waals surface area (Å²) in [6.07, 6.45) is 3.07. The van der Waals surface area contributed by atoms with E-state index in [0.717, 1.165) is 88.1 Å². The average Bonchev–Trinajstić information content (AvgIpc) is 2.77. The van der Waals surface area contributed by atoms with Crippen LogP contribution in [0, 0.1) is 5.92 Å². The molecule has 1 atom stereocenters. The van der Waals surface area contributed by atoms with E-state index in [1.54, 1.807) is 14.2 Å². The Morgan fingerprint density at radius 3 is 2.45 bits per heavy atom. The lowest BCUT2D eigenvalue weighted by Crippen LogP contribution is -2.52. The number of methoxy groups -OCH3 is 2. The number of halogens is 1. The van der Waals surface area contributed by atoms with Gasteiger partial charge in [0.2, 0.25) is 0 Å². The third kappa shape index (κ3) is 9.02. The molecule has 1 saturated heterocycles. The van der Waals surface area contributed by atoms with Crippen molar-refractivity contribution in [2.45, 2.75) is 39.7 Å². The Morgan fingerprint density at radius 1 is 1.13 bits per heavy atom. The third-order valence-electron chi connectivity index (χ3n) is 5.62. The van der Waals surface area contributed by atoms with Crippen LogP contribution in [0.15, 0.2) is 23.2 Å². The fourth-order valence-electron chi connectivity index (χ4n) is 3.92. The van der Waals surface area contributed by atoms with Crippen LogP contribution in [0.1, 0.15) is 38.7 Å². The molecule has 0 radical (unpaired) electrons. The van der Waals surface area contributed by atoms with Crippen molar-refractivity contribution in [2.75, 3.05) is 60.1 Å². The number of guanidine groups is 1. The van der Waals surface area contributed by atoms with Crippen molar-refractivity contribution in [1.82, 2.24) is 15.1 Å². The van der Waals surface area contributed by atoms with Gasteiger partial charge in [0.05, 0.1) is 14.2 Å². The molecule has 1 heterocycles. The Labute approximate surface area is 205 Å². The number of nitrogens with zero attached hydrogens (tertiary/aromatic N) is 3. The number of aliphatic hydroxyl groups is 1. The van der Waals surface area contributed by atoms with E-state index in [-0.39, 0.29) is 30.6 Å². The van der Waals surface area contributed by atoms with Crippen molar-refractivity contribution >= 4 is 29.9 Å². The van der Waals surface area contributed by atoms with Gasteiger partial charge < -0.3 is 24.8 Å². The molecule has 8 heteroatoms. The fraction of sp³-hybridized carbons (Fsp3) is 0.696. The molecule has 1 aromatic rings. The van der Waals surface area contributed by atoms with Crippen LogP contribution >= 0.6 is 24.0 Å². The first kappa shape index (κ1) is 27.8. The molecule has 0 aromatic heterocycles. The fourth-order valence-corrected chi connectivity index (χ4v) is 3.92. The van der Waals surface area contributed by atoms with E-state index in [1.165, 1.54) is 0 Å². The van der Waals surface area contributed by atoms with Crippen LogP contribution in [0.3, 0.4) is 0 Å². The van der Waals surface area contributed by atoms with Gasteiger partial charge in [-0.05, 0) is 43.9 Å². The molecule has 7 nitrogen and oxygen atoms in total. The lowest BCUT2D eigenvalue weighted by molar-refractivity contribution is 0.170. The van der Waals surface area contributed by atoms with E-state index in [4.69, 9.17) is 14.5 Å². The maximum absolute atomic E-state index is 9.30. The van der Waals surface area contributed by atoms with Gasteiger partial charge in [-0.15, -0.1) is 24.0 Å². The van der Waals surface area contributed by atoms with Crippen molar-refractivity contribution in [1.29, 1.82) is 0 Å². The molecule has 2 N–H and O–H groups in total. The molecule has 178 valence electrons. The molecule has 0 bridgehead atoms. The molecule has 0 spiro atoms. The highest BCUT2D eigenvalue weighted by atomic mass is 127. The molecule has 2 rings (SSSR count). The zero-order valence-corrected chi connectivity index (χ0v) is 21.9. The Balaban J connectivity index is 0.00000480. The van der Waals surface area contributed by atoms with E-state index in [1.807, 2.05) is 12.1 Å². The smallest absolute Gasteiger partial charge is 0.194 e. The van der Waals surface area contributed by atoms with Crippen molar-refractivity contribution in [2.24, 2.45) is 10.9 Å². The lowest BCUT2D eigenvalue weighted by atomic mass is 10.0. The summed E-state index contributed by atoms with van der Waals surface area (Å²) in [6.45, 7) is 10.8. The molecule has 1 aliphatic heterocycles. The second-order valence-electron chi connectivity index (χ2n) is 7.80. The number of benzene rings is 1. The predicted molar refractivity (Wildman–Crippen MR) is 138 cm³/mol. The summed E-state index contributed by atoms with van der Waals surface area (Å²) in [5, 5.41) is 12.8. The van der Waals surface area contributed by atoms with Crippen molar-refractivity contribution in [3.05, 3.63) is 23.8 Å². The van der Waals surface area contributed by atoms with Crippen molar-refractivity contribution < 1.29 is 14.6 Å². The van der Waals surface area contributed by atoms with Crippen LogP contribution < -0.4 is 14.8 Å². The second kappa shape index (κ2) is 15.5. The summed E-state index contributed by atoms with van der Waals surface area (Å²) in [5.74, 6) is 3.21.